The first-order valence-corrected chi connectivity index (χ1v) is 5.57. The molecule has 5 nitrogen and oxygen atoms in total. The predicted octanol–water partition coefficient (Wildman–Crippen LogP) is 1.07. The third-order valence-corrected chi connectivity index (χ3v) is 2.26. The molecule has 0 aliphatic carbocycles. The summed E-state index contributed by atoms with van der Waals surface area (Å²) < 4.78 is 0. The zero-order chi connectivity index (χ0) is 13.5. The molecule has 0 fully saturated rings. The summed E-state index contributed by atoms with van der Waals surface area (Å²) in [6, 6.07) is 6.72. The standard InChI is InChI=1S/C14H11N3O2/c18-10-2-4-11-3-1-7-16-13(11)14(19)17-12-5-8-15-9-6-12/h1,3,5-9,18H,10H2,(H,15,17,19). The van der Waals surface area contributed by atoms with E-state index in [1.165, 1.54) is 6.20 Å². The highest BCUT2D eigenvalue weighted by atomic mass is 16.2. The van der Waals surface area contributed by atoms with Crippen LogP contribution in [0.25, 0.3) is 0 Å². The second-order valence-electron chi connectivity index (χ2n) is 3.55. The maximum atomic E-state index is 12.1. The Bertz CT molecular complexity index is 630. The molecule has 0 radical (unpaired) electrons. The van der Waals surface area contributed by atoms with Crippen molar-refractivity contribution >= 4 is 11.6 Å². The van der Waals surface area contributed by atoms with Crippen LogP contribution in [-0.4, -0.2) is 27.6 Å². The van der Waals surface area contributed by atoms with Gasteiger partial charge in [0, 0.05) is 24.3 Å². The van der Waals surface area contributed by atoms with Crippen LogP contribution in [0.5, 0.6) is 0 Å². The van der Waals surface area contributed by atoms with Gasteiger partial charge in [0.1, 0.15) is 12.3 Å². The number of hydrogen-bond donors (Lipinski definition) is 2. The second kappa shape index (κ2) is 6.28. The van der Waals surface area contributed by atoms with E-state index in [9.17, 15) is 4.79 Å². The Labute approximate surface area is 110 Å². The number of nitrogens with zero attached hydrogens (tertiary/aromatic N) is 2. The van der Waals surface area contributed by atoms with Crippen LogP contribution in [0.15, 0.2) is 42.9 Å². The summed E-state index contributed by atoms with van der Waals surface area (Å²) in [6.07, 6.45) is 4.69. The smallest absolute Gasteiger partial charge is 0.275 e. The molecule has 19 heavy (non-hydrogen) atoms. The number of aliphatic hydroxyl groups is 1. The van der Waals surface area contributed by atoms with Gasteiger partial charge in [-0.1, -0.05) is 11.8 Å². The molecule has 0 aliphatic rings. The largest absolute Gasteiger partial charge is 0.384 e. The molecule has 0 saturated carbocycles. The highest BCUT2D eigenvalue weighted by molar-refractivity contribution is 6.04. The van der Waals surface area contributed by atoms with E-state index >= 15 is 0 Å². The summed E-state index contributed by atoms with van der Waals surface area (Å²) in [4.78, 5) is 20.0. The van der Waals surface area contributed by atoms with Gasteiger partial charge in [0.15, 0.2) is 0 Å². The van der Waals surface area contributed by atoms with E-state index in [1.54, 1.807) is 36.7 Å². The zero-order valence-corrected chi connectivity index (χ0v) is 10.00. The van der Waals surface area contributed by atoms with Gasteiger partial charge >= 0.3 is 0 Å². The first-order valence-electron chi connectivity index (χ1n) is 5.57. The van der Waals surface area contributed by atoms with Crippen LogP contribution in [0.4, 0.5) is 5.69 Å². The van der Waals surface area contributed by atoms with Crippen LogP contribution >= 0.6 is 0 Å². The number of rotatable bonds is 2. The van der Waals surface area contributed by atoms with Crippen molar-refractivity contribution in [1.82, 2.24) is 9.97 Å². The quantitative estimate of drug-likeness (QED) is 0.785. The molecular weight excluding hydrogens is 242 g/mol. The minimum atomic E-state index is -0.353. The molecule has 0 spiro atoms. The van der Waals surface area contributed by atoms with Crippen molar-refractivity contribution in [2.75, 3.05) is 11.9 Å². The number of carbonyl (C=O) groups is 1. The van der Waals surface area contributed by atoms with Crippen molar-refractivity contribution in [3.63, 3.8) is 0 Å². The Morgan fingerprint density at radius 2 is 2.05 bits per heavy atom. The van der Waals surface area contributed by atoms with Crippen molar-refractivity contribution in [2.24, 2.45) is 0 Å². The lowest BCUT2D eigenvalue weighted by Crippen LogP contribution is -2.15. The average Bonchev–Trinajstić information content (AvgIpc) is 2.46. The van der Waals surface area contributed by atoms with Crippen LogP contribution in [0.2, 0.25) is 0 Å². The first kappa shape index (κ1) is 12.7. The lowest BCUT2D eigenvalue weighted by molar-refractivity contribution is 0.102. The van der Waals surface area contributed by atoms with Crippen LogP contribution in [0.3, 0.4) is 0 Å². The highest BCUT2D eigenvalue weighted by Crippen LogP contribution is 2.09. The number of aromatic nitrogens is 2. The van der Waals surface area contributed by atoms with Crippen LogP contribution in [0.1, 0.15) is 16.1 Å². The maximum absolute atomic E-state index is 12.1. The number of nitrogens with one attached hydrogen (secondary N) is 1. The number of amides is 1. The first-order chi connectivity index (χ1) is 9.31. The molecule has 5 heteroatoms. The van der Waals surface area contributed by atoms with Crippen LogP contribution in [0, 0.1) is 11.8 Å². The van der Waals surface area contributed by atoms with E-state index in [4.69, 9.17) is 5.11 Å². The average molecular weight is 253 g/mol. The summed E-state index contributed by atoms with van der Waals surface area (Å²) in [5, 5.41) is 11.4. The SMILES string of the molecule is O=C(Nc1ccncc1)c1ncccc1C#CCO. The molecule has 0 aromatic carbocycles. The molecule has 0 unspecified atom stereocenters. The van der Waals surface area contributed by atoms with Gasteiger partial charge in [-0.05, 0) is 24.3 Å². The van der Waals surface area contributed by atoms with Crippen molar-refractivity contribution in [3.8, 4) is 11.8 Å². The number of hydrogen-bond acceptors (Lipinski definition) is 4. The molecule has 0 atom stereocenters. The Morgan fingerprint density at radius 1 is 1.26 bits per heavy atom. The van der Waals surface area contributed by atoms with Gasteiger partial charge in [0.05, 0.1) is 5.56 Å². The fourth-order valence-corrected chi connectivity index (χ4v) is 1.45. The van der Waals surface area contributed by atoms with E-state index in [0.717, 1.165) is 0 Å². The van der Waals surface area contributed by atoms with Gasteiger partial charge in [0.2, 0.25) is 0 Å². The van der Waals surface area contributed by atoms with Crippen LogP contribution < -0.4 is 5.32 Å². The van der Waals surface area contributed by atoms with Crippen molar-refractivity contribution in [1.29, 1.82) is 0 Å². The minimum absolute atomic E-state index is 0.222. The minimum Gasteiger partial charge on any atom is -0.384 e. The number of anilines is 1. The molecule has 2 N–H and O–H groups in total. The van der Waals surface area contributed by atoms with Gasteiger partial charge in [-0.15, -0.1) is 0 Å². The Morgan fingerprint density at radius 3 is 2.79 bits per heavy atom. The van der Waals surface area contributed by atoms with Gasteiger partial charge in [-0.25, -0.2) is 4.98 Å². The highest BCUT2D eigenvalue weighted by Gasteiger charge is 2.11. The number of aliphatic hydroxyl groups excluding tert-OH is 1. The summed E-state index contributed by atoms with van der Waals surface area (Å²) in [7, 11) is 0. The maximum Gasteiger partial charge on any atom is 0.275 e. The summed E-state index contributed by atoms with van der Waals surface area (Å²) in [5.74, 6) is 4.84. The van der Waals surface area contributed by atoms with E-state index in [2.05, 4.69) is 27.1 Å². The lowest BCUT2D eigenvalue weighted by Gasteiger charge is -2.05. The Kier molecular flexibility index (Phi) is 4.21. The van der Waals surface area contributed by atoms with Gasteiger partial charge in [-0.2, -0.15) is 0 Å². The fourth-order valence-electron chi connectivity index (χ4n) is 1.45. The third kappa shape index (κ3) is 3.37. The van der Waals surface area contributed by atoms with Crippen LogP contribution in [-0.2, 0) is 0 Å². The van der Waals surface area contributed by atoms with Gasteiger partial charge in [0.25, 0.3) is 5.91 Å². The lowest BCUT2D eigenvalue weighted by atomic mass is 10.2. The number of pyridine rings is 2. The zero-order valence-electron chi connectivity index (χ0n) is 10.00. The monoisotopic (exact) mass is 253 g/mol. The van der Waals surface area contributed by atoms with Crippen molar-refractivity contribution in [3.05, 3.63) is 54.1 Å². The van der Waals surface area contributed by atoms with Crippen molar-refractivity contribution in [2.45, 2.75) is 0 Å². The van der Waals surface area contributed by atoms with Gasteiger partial charge < -0.3 is 10.4 Å². The molecule has 0 aliphatic heterocycles. The molecule has 0 bridgehead atoms. The molecule has 2 aromatic rings. The molecule has 2 rings (SSSR count). The molecular formula is C14H11N3O2. The molecule has 2 aromatic heterocycles. The Balaban J connectivity index is 2.24. The summed E-state index contributed by atoms with van der Waals surface area (Å²) >= 11 is 0. The van der Waals surface area contributed by atoms with E-state index in [0.29, 0.717) is 11.3 Å². The molecule has 94 valence electrons. The van der Waals surface area contributed by atoms with Gasteiger partial charge in [-0.3, -0.25) is 9.78 Å². The third-order valence-electron chi connectivity index (χ3n) is 2.26. The summed E-state index contributed by atoms with van der Waals surface area (Å²) in [6.45, 7) is -0.264. The van der Waals surface area contributed by atoms with Crippen molar-refractivity contribution < 1.29 is 9.90 Å². The topological polar surface area (TPSA) is 75.1 Å². The van der Waals surface area contributed by atoms with E-state index < -0.39 is 0 Å². The molecule has 2 heterocycles. The normalized spacial score (nSPS) is 9.32. The van der Waals surface area contributed by atoms with E-state index in [1.807, 2.05) is 0 Å². The molecule has 0 saturated heterocycles. The number of carbonyl (C=O) groups excluding carboxylic acids is 1. The fraction of sp³-hybridized carbons (Fsp3) is 0.0714. The second-order valence-corrected chi connectivity index (χ2v) is 3.55. The predicted molar refractivity (Wildman–Crippen MR) is 70.4 cm³/mol. The molecule has 1 amide bonds. The summed E-state index contributed by atoms with van der Waals surface area (Å²) in [5.41, 5.74) is 1.33. The Hall–Kier alpha value is -2.71. The van der Waals surface area contributed by atoms with E-state index in [-0.39, 0.29) is 18.2 Å².